The van der Waals surface area contributed by atoms with E-state index in [0.29, 0.717) is 6.42 Å². The first kappa shape index (κ1) is 12.5. The Bertz CT molecular complexity index is 194. The van der Waals surface area contributed by atoms with Gasteiger partial charge in [-0.2, -0.15) is 0 Å². The number of carbonyl (C=O) groups excluding carboxylic acids is 1. The number of amides is 1. The van der Waals surface area contributed by atoms with Gasteiger partial charge in [-0.1, -0.05) is 6.92 Å². The normalized spacial score (nSPS) is 22.5. The molecule has 1 unspecified atom stereocenters. The second-order valence-corrected chi connectivity index (χ2v) is 4.60. The third kappa shape index (κ3) is 4.65. The van der Waals surface area contributed by atoms with E-state index in [1.54, 1.807) is 0 Å². The van der Waals surface area contributed by atoms with Gasteiger partial charge in [0.25, 0.3) is 0 Å². The number of rotatable bonds is 4. The van der Waals surface area contributed by atoms with Crippen LogP contribution >= 0.6 is 0 Å². The average molecular weight is 213 g/mol. The van der Waals surface area contributed by atoms with E-state index in [1.165, 1.54) is 6.42 Å². The van der Waals surface area contributed by atoms with Gasteiger partial charge in [-0.15, -0.1) is 0 Å². The summed E-state index contributed by atoms with van der Waals surface area (Å²) in [5.74, 6) is 1.04. The van der Waals surface area contributed by atoms with E-state index in [1.807, 2.05) is 4.90 Å². The lowest BCUT2D eigenvalue weighted by Gasteiger charge is -2.20. The molecule has 1 aliphatic rings. The van der Waals surface area contributed by atoms with E-state index in [9.17, 15) is 4.79 Å². The molecule has 0 aromatic heterocycles. The first-order chi connectivity index (χ1) is 7.24. The number of hydrogen-bond donors (Lipinski definition) is 1. The maximum absolute atomic E-state index is 11.8. The first-order valence-corrected chi connectivity index (χ1v) is 6.12. The van der Waals surface area contributed by atoms with Gasteiger partial charge in [0.1, 0.15) is 0 Å². The highest BCUT2D eigenvalue weighted by Gasteiger charge is 2.17. The largest absolute Gasteiger partial charge is 0.396 e. The molecule has 0 radical (unpaired) electrons. The Kier molecular flexibility index (Phi) is 5.69. The summed E-state index contributed by atoms with van der Waals surface area (Å²) in [7, 11) is 0. The molecule has 0 aromatic rings. The molecule has 1 rings (SSSR count). The summed E-state index contributed by atoms with van der Waals surface area (Å²) in [6.07, 6.45) is 5.71. The molecule has 3 nitrogen and oxygen atoms in total. The lowest BCUT2D eigenvalue weighted by atomic mass is 10.0. The summed E-state index contributed by atoms with van der Waals surface area (Å²) in [6, 6.07) is 0. The molecule has 1 atom stereocenters. The van der Waals surface area contributed by atoms with E-state index in [-0.39, 0.29) is 12.5 Å². The predicted molar refractivity (Wildman–Crippen MR) is 60.5 cm³/mol. The molecule has 0 saturated carbocycles. The minimum atomic E-state index is 0.199. The van der Waals surface area contributed by atoms with Crippen LogP contribution in [0.2, 0.25) is 0 Å². The zero-order chi connectivity index (χ0) is 11.1. The van der Waals surface area contributed by atoms with Crippen molar-refractivity contribution in [1.29, 1.82) is 0 Å². The van der Waals surface area contributed by atoms with Gasteiger partial charge >= 0.3 is 0 Å². The summed E-state index contributed by atoms with van der Waals surface area (Å²) >= 11 is 0. The zero-order valence-electron chi connectivity index (χ0n) is 9.74. The van der Waals surface area contributed by atoms with Gasteiger partial charge in [0.15, 0.2) is 0 Å². The fourth-order valence-corrected chi connectivity index (χ4v) is 2.06. The third-order valence-electron chi connectivity index (χ3n) is 3.17. The summed E-state index contributed by atoms with van der Waals surface area (Å²) < 4.78 is 0. The molecule has 1 heterocycles. The Morgan fingerprint density at radius 2 is 2.13 bits per heavy atom. The highest BCUT2D eigenvalue weighted by atomic mass is 16.3. The number of likely N-dealkylation sites (tertiary alicyclic amines) is 1. The highest BCUT2D eigenvalue weighted by molar-refractivity contribution is 5.76. The number of nitrogens with zero attached hydrogens (tertiary/aromatic N) is 1. The molecule has 1 fully saturated rings. The van der Waals surface area contributed by atoms with Crippen molar-refractivity contribution in [3.8, 4) is 0 Å². The van der Waals surface area contributed by atoms with Crippen molar-refractivity contribution in [3.63, 3.8) is 0 Å². The van der Waals surface area contributed by atoms with Crippen LogP contribution in [0.4, 0.5) is 0 Å². The molecule has 1 N–H and O–H groups in total. The Morgan fingerprint density at radius 3 is 2.87 bits per heavy atom. The SMILES string of the molecule is CC1CCCN(C(=O)CCCCO)CC1. The molecule has 1 aliphatic heterocycles. The fraction of sp³-hybridized carbons (Fsp3) is 0.917. The van der Waals surface area contributed by atoms with Crippen LogP contribution in [0.3, 0.4) is 0 Å². The molecular formula is C12H23NO2. The summed E-state index contributed by atoms with van der Waals surface area (Å²) in [6.45, 7) is 4.32. The maximum atomic E-state index is 11.8. The molecule has 88 valence electrons. The van der Waals surface area contributed by atoms with E-state index >= 15 is 0 Å². The van der Waals surface area contributed by atoms with Crippen molar-refractivity contribution in [3.05, 3.63) is 0 Å². The highest BCUT2D eigenvalue weighted by Crippen LogP contribution is 2.17. The summed E-state index contributed by atoms with van der Waals surface area (Å²) in [4.78, 5) is 13.8. The van der Waals surface area contributed by atoms with Crippen LogP contribution in [-0.4, -0.2) is 35.6 Å². The van der Waals surface area contributed by atoms with Crippen LogP contribution < -0.4 is 0 Å². The van der Waals surface area contributed by atoms with Crippen LogP contribution in [0.1, 0.15) is 45.4 Å². The molecular weight excluding hydrogens is 190 g/mol. The Balaban J connectivity index is 2.25. The lowest BCUT2D eigenvalue weighted by molar-refractivity contribution is -0.131. The summed E-state index contributed by atoms with van der Waals surface area (Å²) in [5, 5.41) is 8.64. The fourth-order valence-electron chi connectivity index (χ4n) is 2.06. The molecule has 0 spiro atoms. The Morgan fingerprint density at radius 1 is 1.33 bits per heavy atom. The van der Waals surface area contributed by atoms with E-state index < -0.39 is 0 Å². The second-order valence-electron chi connectivity index (χ2n) is 4.60. The standard InChI is InChI=1S/C12H23NO2/c1-11-5-4-8-13(9-7-11)12(15)6-2-3-10-14/h11,14H,2-10H2,1H3. The van der Waals surface area contributed by atoms with Gasteiger partial charge in [0, 0.05) is 26.1 Å². The van der Waals surface area contributed by atoms with Crippen molar-refractivity contribution in [1.82, 2.24) is 4.90 Å². The minimum absolute atomic E-state index is 0.199. The minimum Gasteiger partial charge on any atom is -0.396 e. The van der Waals surface area contributed by atoms with Crippen molar-refractivity contribution >= 4 is 5.91 Å². The van der Waals surface area contributed by atoms with E-state index in [2.05, 4.69) is 6.92 Å². The molecule has 0 aliphatic carbocycles. The lowest BCUT2D eigenvalue weighted by Crippen LogP contribution is -2.31. The van der Waals surface area contributed by atoms with Gasteiger partial charge in [0.05, 0.1) is 0 Å². The molecule has 3 heteroatoms. The van der Waals surface area contributed by atoms with Crippen molar-refractivity contribution < 1.29 is 9.90 Å². The van der Waals surface area contributed by atoms with Gasteiger partial charge in [-0.05, 0) is 38.0 Å². The van der Waals surface area contributed by atoms with Crippen molar-refractivity contribution in [2.45, 2.75) is 45.4 Å². The second kappa shape index (κ2) is 6.83. The molecule has 1 saturated heterocycles. The number of aliphatic hydroxyl groups excluding tert-OH is 1. The van der Waals surface area contributed by atoms with Gasteiger partial charge in [-0.25, -0.2) is 0 Å². The molecule has 0 bridgehead atoms. The first-order valence-electron chi connectivity index (χ1n) is 6.12. The molecule has 0 aromatic carbocycles. The number of unbranched alkanes of at least 4 members (excludes halogenated alkanes) is 1. The monoisotopic (exact) mass is 213 g/mol. The third-order valence-corrected chi connectivity index (χ3v) is 3.17. The van der Waals surface area contributed by atoms with Crippen LogP contribution in [0.25, 0.3) is 0 Å². The zero-order valence-corrected chi connectivity index (χ0v) is 9.74. The van der Waals surface area contributed by atoms with Gasteiger partial charge < -0.3 is 10.0 Å². The summed E-state index contributed by atoms with van der Waals surface area (Å²) in [5.41, 5.74) is 0. The Hall–Kier alpha value is -0.570. The Labute approximate surface area is 92.5 Å². The predicted octanol–water partition coefficient (Wildman–Crippen LogP) is 1.80. The van der Waals surface area contributed by atoms with Gasteiger partial charge in [-0.3, -0.25) is 4.79 Å². The maximum Gasteiger partial charge on any atom is 0.222 e. The van der Waals surface area contributed by atoms with Crippen molar-refractivity contribution in [2.75, 3.05) is 19.7 Å². The number of hydrogen-bond acceptors (Lipinski definition) is 2. The van der Waals surface area contributed by atoms with E-state index in [0.717, 1.165) is 44.7 Å². The average Bonchev–Trinajstić information content (AvgIpc) is 2.43. The smallest absolute Gasteiger partial charge is 0.222 e. The molecule has 15 heavy (non-hydrogen) atoms. The number of carbonyl (C=O) groups is 1. The van der Waals surface area contributed by atoms with Gasteiger partial charge in [0.2, 0.25) is 5.91 Å². The van der Waals surface area contributed by atoms with Crippen LogP contribution in [0.5, 0.6) is 0 Å². The van der Waals surface area contributed by atoms with Crippen LogP contribution in [0, 0.1) is 5.92 Å². The quantitative estimate of drug-likeness (QED) is 0.723. The van der Waals surface area contributed by atoms with Crippen molar-refractivity contribution in [2.24, 2.45) is 5.92 Å². The molecule has 1 amide bonds. The van der Waals surface area contributed by atoms with E-state index in [4.69, 9.17) is 5.11 Å². The topological polar surface area (TPSA) is 40.5 Å². The number of aliphatic hydroxyl groups is 1. The van der Waals surface area contributed by atoms with Crippen LogP contribution in [-0.2, 0) is 4.79 Å². The van der Waals surface area contributed by atoms with Crippen LogP contribution in [0.15, 0.2) is 0 Å².